The number of benzene rings is 2. The Bertz CT molecular complexity index is 833. The van der Waals surface area contributed by atoms with Crippen LogP contribution in [0.1, 0.15) is 64.5 Å². The second kappa shape index (κ2) is 9.45. The highest BCUT2D eigenvalue weighted by molar-refractivity contribution is 5.27. The van der Waals surface area contributed by atoms with Crippen molar-refractivity contribution in [3.05, 3.63) is 83.2 Å². The van der Waals surface area contributed by atoms with Crippen molar-refractivity contribution in [1.82, 2.24) is 4.90 Å². The number of aliphatic hydroxyl groups is 1. The molecule has 0 spiro atoms. The molecular formula is C27H36FNO. The number of hydrogen-bond donors (Lipinski definition) is 1. The summed E-state index contributed by atoms with van der Waals surface area (Å²) < 4.78 is 13.5. The van der Waals surface area contributed by atoms with Gasteiger partial charge in [-0.25, -0.2) is 4.39 Å². The van der Waals surface area contributed by atoms with Crippen LogP contribution >= 0.6 is 0 Å². The van der Waals surface area contributed by atoms with Crippen LogP contribution in [0, 0.1) is 5.82 Å². The van der Waals surface area contributed by atoms with Crippen molar-refractivity contribution in [1.29, 1.82) is 0 Å². The summed E-state index contributed by atoms with van der Waals surface area (Å²) in [5, 5.41) is 11.2. The fraction of sp³-hybridized carbons (Fsp3) is 0.481. The molecule has 162 valence electrons. The maximum Gasteiger partial charge on any atom is 0.123 e. The van der Waals surface area contributed by atoms with Gasteiger partial charge in [-0.3, -0.25) is 4.90 Å². The molecule has 30 heavy (non-hydrogen) atoms. The quantitative estimate of drug-likeness (QED) is 0.550. The number of nitrogens with zero attached hydrogens (tertiary/aromatic N) is 1. The molecule has 2 aromatic carbocycles. The summed E-state index contributed by atoms with van der Waals surface area (Å²) in [6.07, 6.45) is 5.81. The van der Waals surface area contributed by atoms with Gasteiger partial charge in [-0.1, -0.05) is 68.0 Å². The van der Waals surface area contributed by atoms with Gasteiger partial charge in [0.25, 0.3) is 0 Å². The topological polar surface area (TPSA) is 23.5 Å². The van der Waals surface area contributed by atoms with E-state index in [1.807, 2.05) is 42.5 Å². The van der Waals surface area contributed by atoms with Crippen molar-refractivity contribution in [2.24, 2.45) is 0 Å². The molecule has 0 aliphatic carbocycles. The molecule has 0 aromatic heterocycles. The van der Waals surface area contributed by atoms with Crippen LogP contribution in [0.2, 0.25) is 0 Å². The van der Waals surface area contributed by atoms with E-state index in [9.17, 15) is 9.50 Å². The zero-order chi connectivity index (χ0) is 21.8. The third-order valence-corrected chi connectivity index (χ3v) is 6.91. The third kappa shape index (κ3) is 5.19. The number of likely N-dealkylation sites (tertiary alicyclic amines) is 1. The summed E-state index contributed by atoms with van der Waals surface area (Å²) >= 11 is 0. The molecule has 2 aromatic rings. The SMILES string of the molecule is CCC(C)(CC(C=C(C)C)N1CCC(O)(c2ccccc2)CC1)c1ccc(F)cc1. The first-order valence-electron chi connectivity index (χ1n) is 11.2. The summed E-state index contributed by atoms with van der Waals surface area (Å²) in [5.74, 6) is -0.186. The summed E-state index contributed by atoms with van der Waals surface area (Å²) in [4.78, 5) is 2.52. The van der Waals surface area contributed by atoms with Gasteiger partial charge >= 0.3 is 0 Å². The monoisotopic (exact) mass is 409 g/mol. The predicted molar refractivity (Wildman–Crippen MR) is 123 cm³/mol. The van der Waals surface area contributed by atoms with E-state index in [1.165, 1.54) is 11.1 Å². The lowest BCUT2D eigenvalue weighted by molar-refractivity contribution is -0.0337. The number of rotatable bonds is 7. The first-order chi connectivity index (χ1) is 14.3. The minimum Gasteiger partial charge on any atom is -0.385 e. The molecular weight excluding hydrogens is 373 g/mol. The van der Waals surface area contributed by atoms with Crippen LogP contribution < -0.4 is 0 Å². The van der Waals surface area contributed by atoms with Gasteiger partial charge in [0.2, 0.25) is 0 Å². The molecule has 0 bridgehead atoms. The Kier molecular flexibility index (Phi) is 7.15. The second-order valence-electron chi connectivity index (χ2n) is 9.37. The lowest BCUT2D eigenvalue weighted by Crippen LogP contribution is -2.48. The fourth-order valence-electron chi connectivity index (χ4n) is 4.72. The highest BCUT2D eigenvalue weighted by atomic mass is 19.1. The van der Waals surface area contributed by atoms with E-state index >= 15 is 0 Å². The third-order valence-electron chi connectivity index (χ3n) is 6.91. The van der Waals surface area contributed by atoms with Crippen LogP contribution in [-0.4, -0.2) is 29.1 Å². The van der Waals surface area contributed by atoms with Gasteiger partial charge in [-0.2, -0.15) is 0 Å². The normalized spacial score (nSPS) is 19.7. The molecule has 2 unspecified atom stereocenters. The van der Waals surface area contributed by atoms with Crippen molar-refractivity contribution >= 4 is 0 Å². The second-order valence-corrected chi connectivity index (χ2v) is 9.37. The van der Waals surface area contributed by atoms with E-state index in [-0.39, 0.29) is 11.2 Å². The zero-order valence-electron chi connectivity index (χ0n) is 18.9. The fourth-order valence-corrected chi connectivity index (χ4v) is 4.72. The van der Waals surface area contributed by atoms with E-state index in [0.717, 1.165) is 44.3 Å². The van der Waals surface area contributed by atoms with Crippen LogP contribution in [0.15, 0.2) is 66.2 Å². The standard InChI is InChI=1S/C27H36FNO/c1-5-26(4,22-11-13-24(28)14-12-22)20-25(19-21(2)3)29-17-15-27(30,16-18-29)23-9-7-6-8-10-23/h6-14,19,25,30H,5,15-18,20H2,1-4H3. The molecule has 2 atom stereocenters. The summed E-state index contributed by atoms with van der Waals surface area (Å²) in [6, 6.07) is 17.4. The molecule has 3 rings (SSSR count). The van der Waals surface area contributed by atoms with Crippen LogP contribution in [0.5, 0.6) is 0 Å². The van der Waals surface area contributed by atoms with Crippen LogP contribution in [0.3, 0.4) is 0 Å². The molecule has 1 saturated heterocycles. The number of hydrogen-bond acceptors (Lipinski definition) is 2. The lowest BCUT2D eigenvalue weighted by atomic mass is 9.74. The smallest absolute Gasteiger partial charge is 0.123 e. The van der Waals surface area contributed by atoms with Gasteiger partial charge < -0.3 is 5.11 Å². The number of allylic oxidation sites excluding steroid dienone is 1. The Hall–Kier alpha value is -1.97. The Balaban J connectivity index is 1.78. The zero-order valence-corrected chi connectivity index (χ0v) is 18.9. The van der Waals surface area contributed by atoms with Crippen LogP contribution in [0.25, 0.3) is 0 Å². The first-order valence-corrected chi connectivity index (χ1v) is 11.2. The summed E-state index contributed by atoms with van der Waals surface area (Å²) in [7, 11) is 0. The van der Waals surface area contributed by atoms with Gasteiger partial charge in [0.15, 0.2) is 0 Å². The minimum absolute atomic E-state index is 0.0303. The Morgan fingerprint density at radius 1 is 1.10 bits per heavy atom. The average Bonchev–Trinajstić information content (AvgIpc) is 2.74. The summed E-state index contributed by atoms with van der Waals surface area (Å²) in [6.45, 7) is 10.5. The highest BCUT2D eigenvalue weighted by Crippen LogP contribution is 2.38. The molecule has 1 heterocycles. The first kappa shape index (κ1) is 22.7. The van der Waals surface area contributed by atoms with Crippen molar-refractivity contribution in [3.63, 3.8) is 0 Å². The lowest BCUT2D eigenvalue weighted by Gasteiger charge is -2.44. The van der Waals surface area contributed by atoms with Crippen molar-refractivity contribution in [2.45, 2.75) is 70.4 Å². The molecule has 2 nitrogen and oxygen atoms in total. The van der Waals surface area contributed by atoms with Crippen LogP contribution in [0.4, 0.5) is 4.39 Å². The maximum atomic E-state index is 13.5. The Morgan fingerprint density at radius 3 is 2.23 bits per heavy atom. The molecule has 0 amide bonds. The van der Waals surface area contributed by atoms with E-state index in [4.69, 9.17) is 0 Å². The molecule has 0 radical (unpaired) electrons. The number of halogens is 1. The molecule has 1 N–H and O–H groups in total. The molecule has 3 heteroatoms. The van der Waals surface area contributed by atoms with Gasteiger partial charge in [0.1, 0.15) is 5.82 Å². The van der Waals surface area contributed by atoms with Crippen molar-refractivity contribution < 1.29 is 9.50 Å². The molecule has 1 aliphatic rings. The van der Waals surface area contributed by atoms with Crippen molar-refractivity contribution in [2.75, 3.05) is 13.1 Å². The largest absolute Gasteiger partial charge is 0.385 e. The van der Waals surface area contributed by atoms with Gasteiger partial charge in [-0.15, -0.1) is 0 Å². The van der Waals surface area contributed by atoms with E-state index in [2.05, 4.69) is 38.7 Å². The minimum atomic E-state index is -0.738. The van der Waals surface area contributed by atoms with Gasteiger partial charge in [0, 0.05) is 19.1 Å². The van der Waals surface area contributed by atoms with Gasteiger partial charge in [0.05, 0.1) is 5.60 Å². The van der Waals surface area contributed by atoms with Crippen molar-refractivity contribution in [3.8, 4) is 0 Å². The Morgan fingerprint density at radius 2 is 1.70 bits per heavy atom. The number of piperidine rings is 1. The average molecular weight is 410 g/mol. The molecule has 1 fully saturated rings. The van der Waals surface area contributed by atoms with Crippen LogP contribution in [-0.2, 0) is 11.0 Å². The predicted octanol–water partition coefficient (Wildman–Crippen LogP) is 6.20. The molecule has 1 aliphatic heterocycles. The maximum absolute atomic E-state index is 13.5. The van der Waals surface area contributed by atoms with E-state index in [1.54, 1.807) is 12.1 Å². The molecule has 0 saturated carbocycles. The Labute approximate surface area is 181 Å². The van der Waals surface area contributed by atoms with Gasteiger partial charge in [-0.05, 0) is 68.2 Å². The highest BCUT2D eigenvalue weighted by Gasteiger charge is 2.37. The van der Waals surface area contributed by atoms with E-state index < -0.39 is 5.60 Å². The summed E-state index contributed by atoms with van der Waals surface area (Å²) in [5.41, 5.74) is 2.75. The van der Waals surface area contributed by atoms with E-state index in [0.29, 0.717) is 6.04 Å².